The van der Waals surface area contributed by atoms with Gasteiger partial charge in [0.1, 0.15) is 5.75 Å². The number of hydrogen-bond acceptors (Lipinski definition) is 3. The number of benzene rings is 1. The summed E-state index contributed by atoms with van der Waals surface area (Å²) in [5, 5.41) is 2.34. The molecule has 0 bridgehead atoms. The molecule has 0 aliphatic carbocycles. The fourth-order valence-corrected chi connectivity index (χ4v) is 1.39. The van der Waals surface area contributed by atoms with Gasteiger partial charge in [-0.1, -0.05) is 26.0 Å². The minimum Gasteiger partial charge on any atom is -0.410 e. The van der Waals surface area contributed by atoms with Crippen molar-refractivity contribution in [2.45, 2.75) is 19.8 Å². The Kier molecular flexibility index (Phi) is 5.65. The van der Waals surface area contributed by atoms with Crippen LogP contribution in [0.4, 0.5) is 4.79 Å². The summed E-state index contributed by atoms with van der Waals surface area (Å²) in [6.45, 7) is 3.99. The van der Waals surface area contributed by atoms with E-state index in [0.29, 0.717) is 11.7 Å². The second-order valence-electron chi connectivity index (χ2n) is 4.14. The lowest BCUT2D eigenvalue weighted by Crippen LogP contribution is -2.32. The van der Waals surface area contributed by atoms with E-state index < -0.39 is 6.09 Å². The highest BCUT2D eigenvalue weighted by atomic mass is 35.5. The van der Waals surface area contributed by atoms with Crippen LogP contribution >= 0.6 is 11.6 Å². The molecule has 0 radical (unpaired) electrons. The van der Waals surface area contributed by atoms with Crippen molar-refractivity contribution in [2.75, 3.05) is 12.4 Å². The Morgan fingerprint density at radius 2 is 2.11 bits per heavy atom. The molecule has 0 heterocycles. The van der Waals surface area contributed by atoms with Gasteiger partial charge in [0.05, 0.1) is 12.4 Å². The van der Waals surface area contributed by atoms with Crippen LogP contribution in [0.1, 0.15) is 25.3 Å². The Bertz CT molecular complexity index is 432. The zero-order valence-electron chi connectivity index (χ0n) is 10.4. The first-order chi connectivity index (χ1) is 8.52. The van der Waals surface area contributed by atoms with E-state index in [-0.39, 0.29) is 18.2 Å². The number of hydrogen-bond donors (Lipinski definition) is 1. The van der Waals surface area contributed by atoms with Crippen molar-refractivity contribution in [2.24, 2.45) is 0 Å². The summed E-state index contributed by atoms with van der Waals surface area (Å²) in [4.78, 5) is 22.3. The lowest BCUT2D eigenvalue weighted by atomic mass is 10.0. The molecule has 0 atom stereocenters. The highest BCUT2D eigenvalue weighted by Gasteiger charge is 2.08. The van der Waals surface area contributed by atoms with Crippen molar-refractivity contribution >= 4 is 23.5 Å². The number of Topliss-reactive ketones (excluding diaryl/α,β-unsaturated/α-hetero) is 1. The van der Waals surface area contributed by atoms with Crippen LogP contribution in [0, 0.1) is 0 Å². The maximum Gasteiger partial charge on any atom is 0.412 e. The molecular formula is C13H16ClNO3. The average Bonchev–Trinajstić information content (AvgIpc) is 2.36. The monoisotopic (exact) mass is 269 g/mol. The van der Waals surface area contributed by atoms with Gasteiger partial charge in [-0.05, 0) is 23.6 Å². The van der Waals surface area contributed by atoms with Crippen molar-refractivity contribution in [3.05, 3.63) is 29.8 Å². The Labute approximate surface area is 111 Å². The summed E-state index contributed by atoms with van der Waals surface area (Å²) in [6, 6.07) is 7.27. The first-order valence-electron chi connectivity index (χ1n) is 5.66. The van der Waals surface area contributed by atoms with E-state index in [1.54, 1.807) is 12.1 Å². The Morgan fingerprint density at radius 3 is 2.72 bits per heavy atom. The molecule has 0 aromatic heterocycles. The fourth-order valence-electron chi connectivity index (χ4n) is 1.30. The SMILES string of the molecule is CC(C)c1cccc(OC(=O)NCC(=O)CCl)c1. The molecule has 0 unspecified atom stereocenters. The predicted molar refractivity (Wildman–Crippen MR) is 70.3 cm³/mol. The van der Waals surface area contributed by atoms with E-state index in [0.717, 1.165) is 5.56 Å². The molecule has 18 heavy (non-hydrogen) atoms. The van der Waals surface area contributed by atoms with E-state index >= 15 is 0 Å². The van der Waals surface area contributed by atoms with Crippen LogP contribution in [-0.4, -0.2) is 24.3 Å². The Morgan fingerprint density at radius 1 is 1.39 bits per heavy atom. The van der Waals surface area contributed by atoms with Crippen molar-refractivity contribution in [1.29, 1.82) is 0 Å². The predicted octanol–water partition coefficient (Wildman–Crippen LogP) is 2.71. The van der Waals surface area contributed by atoms with E-state index in [1.165, 1.54) is 0 Å². The van der Waals surface area contributed by atoms with Gasteiger partial charge in [0.2, 0.25) is 0 Å². The molecule has 1 rings (SSSR count). The smallest absolute Gasteiger partial charge is 0.410 e. The van der Waals surface area contributed by atoms with E-state index in [2.05, 4.69) is 19.2 Å². The third kappa shape index (κ3) is 4.75. The fraction of sp³-hybridized carbons (Fsp3) is 0.385. The normalized spacial score (nSPS) is 10.2. The van der Waals surface area contributed by atoms with Gasteiger partial charge in [-0.3, -0.25) is 4.79 Å². The highest BCUT2D eigenvalue weighted by Crippen LogP contribution is 2.20. The van der Waals surface area contributed by atoms with Crippen LogP contribution in [0.2, 0.25) is 0 Å². The molecule has 1 N–H and O–H groups in total. The number of alkyl halides is 1. The summed E-state index contributed by atoms with van der Waals surface area (Å²) in [7, 11) is 0. The molecule has 0 spiro atoms. The van der Waals surface area contributed by atoms with Crippen LogP contribution in [0.5, 0.6) is 5.75 Å². The molecule has 4 nitrogen and oxygen atoms in total. The highest BCUT2D eigenvalue weighted by molar-refractivity contribution is 6.28. The van der Waals surface area contributed by atoms with E-state index in [9.17, 15) is 9.59 Å². The van der Waals surface area contributed by atoms with Crippen LogP contribution < -0.4 is 10.1 Å². The Balaban J connectivity index is 2.54. The summed E-state index contributed by atoms with van der Waals surface area (Å²) >= 11 is 5.31. The van der Waals surface area contributed by atoms with E-state index in [1.807, 2.05) is 12.1 Å². The van der Waals surface area contributed by atoms with Crippen LogP contribution in [0.3, 0.4) is 0 Å². The number of amides is 1. The number of ether oxygens (including phenoxy) is 1. The molecule has 0 saturated carbocycles. The molecule has 0 aliphatic heterocycles. The molecule has 98 valence electrons. The Hall–Kier alpha value is -1.55. The van der Waals surface area contributed by atoms with Crippen molar-refractivity contribution < 1.29 is 14.3 Å². The van der Waals surface area contributed by atoms with Crippen molar-refractivity contribution in [3.8, 4) is 5.75 Å². The topological polar surface area (TPSA) is 55.4 Å². The van der Waals surface area contributed by atoms with Gasteiger partial charge in [0.25, 0.3) is 0 Å². The minimum atomic E-state index is -0.658. The summed E-state index contributed by atoms with van der Waals surface area (Å²) in [5.41, 5.74) is 1.08. The molecule has 0 saturated heterocycles. The molecule has 1 aromatic rings. The quantitative estimate of drug-likeness (QED) is 0.836. The first kappa shape index (κ1) is 14.5. The van der Waals surface area contributed by atoms with Gasteiger partial charge in [-0.2, -0.15) is 0 Å². The standard InChI is InChI=1S/C13H16ClNO3/c1-9(2)10-4-3-5-12(6-10)18-13(17)15-8-11(16)7-14/h3-6,9H,7-8H2,1-2H3,(H,15,17). The maximum atomic E-state index is 11.4. The first-order valence-corrected chi connectivity index (χ1v) is 6.19. The lowest BCUT2D eigenvalue weighted by molar-refractivity contribution is -0.115. The zero-order valence-corrected chi connectivity index (χ0v) is 11.2. The molecule has 5 heteroatoms. The average molecular weight is 270 g/mol. The summed E-state index contributed by atoms with van der Waals surface area (Å²) in [5.74, 6) is 0.430. The van der Waals surface area contributed by atoms with Gasteiger partial charge in [-0.25, -0.2) is 4.79 Å². The number of carbonyl (C=O) groups is 2. The van der Waals surface area contributed by atoms with Crippen molar-refractivity contribution in [1.82, 2.24) is 5.32 Å². The summed E-state index contributed by atoms with van der Waals surface area (Å²) < 4.78 is 5.05. The molecule has 1 aromatic carbocycles. The molecule has 0 fully saturated rings. The molecular weight excluding hydrogens is 254 g/mol. The van der Waals surface area contributed by atoms with Crippen LogP contribution in [0.15, 0.2) is 24.3 Å². The zero-order chi connectivity index (χ0) is 13.5. The number of rotatable bonds is 5. The lowest BCUT2D eigenvalue weighted by Gasteiger charge is -2.09. The molecule has 1 amide bonds. The minimum absolute atomic E-state index is 0.119. The number of ketones is 1. The van der Waals surface area contributed by atoms with E-state index in [4.69, 9.17) is 16.3 Å². The van der Waals surface area contributed by atoms with Gasteiger partial charge in [-0.15, -0.1) is 11.6 Å². The second-order valence-corrected chi connectivity index (χ2v) is 4.41. The van der Waals surface area contributed by atoms with Gasteiger partial charge in [0.15, 0.2) is 5.78 Å². The number of carbonyl (C=O) groups excluding carboxylic acids is 2. The number of nitrogens with one attached hydrogen (secondary N) is 1. The second kappa shape index (κ2) is 7.01. The number of halogens is 1. The van der Waals surface area contributed by atoms with Crippen LogP contribution in [0.25, 0.3) is 0 Å². The third-order valence-corrected chi connectivity index (χ3v) is 2.61. The third-order valence-electron chi connectivity index (χ3n) is 2.31. The van der Waals surface area contributed by atoms with Gasteiger partial charge >= 0.3 is 6.09 Å². The maximum absolute atomic E-state index is 11.4. The van der Waals surface area contributed by atoms with Gasteiger partial charge < -0.3 is 10.1 Å². The summed E-state index contributed by atoms with van der Waals surface area (Å²) in [6.07, 6.45) is -0.658. The van der Waals surface area contributed by atoms with Crippen LogP contribution in [-0.2, 0) is 4.79 Å². The van der Waals surface area contributed by atoms with Gasteiger partial charge in [0, 0.05) is 0 Å². The largest absolute Gasteiger partial charge is 0.412 e. The molecule has 0 aliphatic rings. The van der Waals surface area contributed by atoms with Crippen molar-refractivity contribution in [3.63, 3.8) is 0 Å².